The molecule has 1 rings (SSSR count). The van der Waals surface area contributed by atoms with Crippen molar-refractivity contribution >= 4 is 25.6 Å². The van der Waals surface area contributed by atoms with E-state index in [4.69, 9.17) is 10.7 Å². The predicted molar refractivity (Wildman–Crippen MR) is 59.3 cm³/mol. The van der Waals surface area contributed by atoms with E-state index in [1.54, 1.807) is 4.90 Å². The second-order valence-corrected chi connectivity index (χ2v) is 6.73. The van der Waals surface area contributed by atoms with E-state index in [0.717, 1.165) is 12.8 Å². The lowest BCUT2D eigenvalue weighted by Crippen LogP contribution is -2.36. The number of rotatable bonds is 4. The maximum Gasteiger partial charge on any atom is 0.237 e. The summed E-state index contributed by atoms with van der Waals surface area (Å²) in [6.07, 6.45) is 1.72. The summed E-state index contributed by atoms with van der Waals surface area (Å²) >= 11 is 0. The van der Waals surface area contributed by atoms with Crippen molar-refractivity contribution in [3.63, 3.8) is 0 Å². The van der Waals surface area contributed by atoms with E-state index in [0.29, 0.717) is 0 Å². The Bertz CT molecular complexity index is 337. The fraction of sp³-hybridized carbons (Fsp3) is 0.889. The lowest BCUT2D eigenvalue weighted by Gasteiger charge is -2.25. The van der Waals surface area contributed by atoms with Crippen molar-refractivity contribution in [1.29, 1.82) is 0 Å². The summed E-state index contributed by atoms with van der Waals surface area (Å²) in [7, 11) is 1.65. The van der Waals surface area contributed by atoms with Gasteiger partial charge in [0.05, 0.1) is 0 Å². The third-order valence-corrected chi connectivity index (χ3v) is 4.77. The van der Waals surface area contributed by atoms with Gasteiger partial charge in [-0.3, -0.25) is 4.79 Å². The van der Waals surface area contributed by atoms with Crippen molar-refractivity contribution < 1.29 is 13.2 Å². The lowest BCUT2D eigenvalue weighted by atomic mass is 10.1. The molecule has 0 aromatic heterocycles. The Morgan fingerprint density at radius 3 is 2.33 bits per heavy atom. The molecule has 0 aliphatic carbocycles. The van der Waals surface area contributed by atoms with Crippen LogP contribution < -0.4 is 0 Å². The molecule has 0 radical (unpaired) electrons. The minimum atomic E-state index is -3.61. The van der Waals surface area contributed by atoms with Crippen LogP contribution in [0.1, 0.15) is 33.1 Å². The fourth-order valence-electron chi connectivity index (χ4n) is 1.97. The largest absolute Gasteiger partial charge is 0.338 e. The minimum Gasteiger partial charge on any atom is -0.338 e. The topological polar surface area (TPSA) is 54.5 Å². The van der Waals surface area contributed by atoms with E-state index in [-0.39, 0.29) is 24.9 Å². The minimum absolute atomic E-state index is 0.0301. The Labute approximate surface area is 95.0 Å². The lowest BCUT2D eigenvalue weighted by molar-refractivity contribution is -0.129. The van der Waals surface area contributed by atoms with Crippen molar-refractivity contribution in [2.75, 3.05) is 6.54 Å². The van der Waals surface area contributed by atoms with E-state index < -0.39 is 14.3 Å². The Balaban J connectivity index is 2.77. The van der Waals surface area contributed by atoms with Crippen molar-refractivity contribution in [2.45, 2.75) is 44.4 Å². The van der Waals surface area contributed by atoms with Crippen LogP contribution in [0.25, 0.3) is 0 Å². The molecule has 0 saturated carbocycles. The van der Waals surface area contributed by atoms with E-state index >= 15 is 0 Å². The van der Waals surface area contributed by atoms with Crippen molar-refractivity contribution in [2.24, 2.45) is 0 Å². The molecule has 1 unspecified atom stereocenters. The van der Waals surface area contributed by atoms with Gasteiger partial charge in [-0.25, -0.2) is 8.42 Å². The molecule has 1 aliphatic heterocycles. The van der Waals surface area contributed by atoms with Crippen LogP contribution in [-0.4, -0.2) is 37.1 Å². The van der Waals surface area contributed by atoms with Crippen LogP contribution >= 0.6 is 10.7 Å². The number of nitrogens with zero attached hydrogens (tertiary/aromatic N) is 1. The van der Waals surface area contributed by atoms with Crippen LogP contribution in [0.4, 0.5) is 0 Å². The summed E-state index contributed by atoms with van der Waals surface area (Å²) in [5, 5.41) is -0.729. The maximum atomic E-state index is 11.6. The van der Waals surface area contributed by atoms with Gasteiger partial charge in [0.2, 0.25) is 15.0 Å². The molecule has 1 aliphatic rings. The zero-order chi connectivity index (χ0) is 11.6. The summed E-state index contributed by atoms with van der Waals surface area (Å²) in [4.78, 5) is 13.2. The van der Waals surface area contributed by atoms with Gasteiger partial charge >= 0.3 is 0 Å². The first-order valence-electron chi connectivity index (χ1n) is 5.13. The number of halogens is 1. The van der Waals surface area contributed by atoms with Gasteiger partial charge in [0.15, 0.2) is 0 Å². The normalized spacial score (nSPS) is 22.8. The number of hydrogen-bond donors (Lipinski definition) is 0. The fourth-order valence-corrected chi connectivity index (χ4v) is 3.01. The number of carbonyl (C=O) groups excluding carboxylic acids is 1. The summed E-state index contributed by atoms with van der Waals surface area (Å²) in [5.41, 5.74) is 0. The van der Waals surface area contributed by atoms with Gasteiger partial charge in [-0.15, -0.1) is 0 Å². The van der Waals surface area contributed by atoms with E-state index in [9.17, 15) is 13.2 Å². The standard InChI is InChI=1S/C9H16ClNO3S/c1-3-7(4-2)11-6-8(5-9(11)12)15(10,13)14/h7-8H,3-6H2,1-2H3. The van der Waals surface area contributed by atoms with Crippen LogP contribution in [0.5, 0.6) is 0 Å². The Morgan fingerprint density at radius 1 is 1.47 bits per heavy atom. The van der Waals surface area contributed by atoms with Crippen LogP contribution in [0.15, 0.2) is 0 Å². The van der Waals surface area contributed by atoms with Crippen LogP contribution in [0.3, 0.4) is 0 Å². The summed E-state index contributed by atoms with van der Waals surface area (Å²) in [6, 6.07) is 0.140. The number of amides is 1. The molecular weight excluding hydrogens is 238 g/mol. The van der Waals surface area contributed by atoms with Crippen molar-refractivity contribution in [3.05, 3.63) is 0 Å². The second kappa shape index (κ2) is 4.70. The van der Waals surface area contributed by atoms with Gasteiger partial charge in [-0.1, -0.05) is 13.8 Å². The summed E-state index contributed by atoms with van der Waals surface area (Å²) in [6.45, 7) is 4.23. The molecule has 15 heavy (non-hydrogen) atoms. The summed E-state index contributed by atoms with van der Waals surface area (Å²) < 4.78 is 22.2. The first kappa shape index (κ1) is 12.8. The molecule has 88 valence electrons. The first-order chi connectivity index (χ1) is 6.90. The van der Waals surface area contributed by atoms with E-state index in [2.05, 4.69) is 0 Å². The SMILES string of the molecule is CCC(CC)N1CC(S(=O)(=O)Cl)CC1=O. The second-order valence-electron chi connectivity index (χ2n) is 3.82. The average molecular weight is 254 g/mol. The molecule has 1 heterocycles. The third-order valence-electron chi connectivity index (χ3n) is 2.90. The van der Waals surface area contributed by atoms with Crippen molar-refractivity contribution in [1.82, 2.24) is 4.90 Å². The molecule has 1 amide bonds. The Hall–Kier alpha value is -0.290. The van der Waals surface area contributed by atoms with Crippen molar-refractivity contribution in [3.8, 4) is 0 Å². The molecule has 0 N–H and O–H groups in total. The van der Waals surface area contributed by atoms with Crippen LogP contribution in [0, 0.1) is 0 Å². The molecule has 4 nitrogen and oxygen atoms in total. The number of hydrogen-bond acceptors (Lipinski definition) is 3. The molecule has 0 spiro atoms. The molecule has 1 fully saturated rings. The monoisotopic (exact) mass is 253 g/mol. The van der Waals surface area contributed by atoms with E-state index in [1.165, 1.54) is 0 Å². The smallest absolute Gasteiger partial charge is 0.237 e. The molecule has 1 atom stereocenters. The van der Waals surface area contributed by atoms with Gasteiger partial charge in [0, 0.05) is 29.7 Å². The molecule has 1 saturated heterocycles. The van der Waals surface area contributed by atoms with E-state index in [1.807, 2.05) is 13.8 Å². The first-order valence-corrected chi connectivity index (χ1v) is 7.50. The van der Waals surface area contributed by atoms with Gasteiger partial charge in [0.1, 0.15) is 5.25 Å². The van der Waals surface area contributed by atoms with Gasteiger partial charge in [-0.2, -0.15) is 0 Å². The molecule has 0 aromatic carbocycles. The number of likely N-dealkylation sites (tertiary alicyclic amines) is 1. The summed E-state index contributed by atoms with van der Waals surface area (Å²) in [5.74, 6) is -0.0991. The maximum absolute atomic E-state index is 11.6. The molecular formula is C9H16ClNO3S. The van der Waals surface area contributed by atoms with Gasteiger partial charge in [-0.05, 0) is 12.8 Å². The molecule has 6 heteroatoms. The predicted octanol–water partition coefficient (Wildman–Crippen LogP) is 1.34. The highest BCUT2D eigenvalue weighted by atomic mass is 35.7. The quantitative estimate of drug-likeness (QED) is 0.711. The molecule has 0 bridgehead atoms. The third kappa shape index (κ3) is 2.84. The van der Waals surface area contributed by atoms with Crippen LogP contribution in [0.2, 0.25) is 0 Å². The van der Waals surface area contributed by atoms with Crippen LogP contribution in [-0.2, 0) is 13.8 Å². The zero-order valence-electron chi connectivity index (χ0n) is 8.94. The highest BCUT2D eigenvalue weighted by Gasteiger charge is 2.39. The highest BCUT2D eigenvalue weighted by molar-refractivity contribution is 8.14. The zero-order valence-corrected chi connectivity index (χ0v) is 10.5. The average Bonchev–Trinajstić information content (AvgIpc) is 2.50. The van der Waals surface area contributed by atoms with Gasteiger partial charge in [0.25, 0.3) is 0 Å². The number of carbonyl (C=O) groups is 1. The highest BCUT2D eigenvalue weighted by Crippen LogP contribution is 2.24. The van der Waals surface area contributed by atoms with Gasteiger partial charge < -0.3 is 4.90 Å². The Morgan fingerprint density at radius 2 is 2.00 bits per heavy atom. The Kier molecular flexibility index (Phi) is 4.00. The molecule has 0 aromatic rings.